The van der Waals surface area contributed by atoms with Crippen molar-refractivity contribution in [3.05, 3.63) is 24.3 Å². The fourth-order valence-corrected chi connectivity index (χ4v) is 3.12. The minimum absolute atomic E-state index is 0.837. The first kappa shape index (κ1) is 8.19. The number of benzene rings is 1. The van der Waals surface area contributed by atoms with Crippen LogP contribution in [0.3, 0.4) is 0 Å². The van der Waals surface area contributed by atoms with E-state index in [-0.39, 0.29) is 0 Å². The van der Waals surface area contributed by atoms with Crippen LogP contribution >= 0.6 is 23.5 Å². The summed E-state index contributed by atoms with van der Waals surface area (Å²) >= 11 is 3.17. The molecule has 0 saturated heterocycles. The molecule has 0 aliphatic carbocycles. The Hall–Kier alpha value is -1.14. The Balaban J connectivity index is 2.12. The summed E-state index contributed by atoms with van der Waals surface area (Å²) in [5.41, 5.74) is 0. The van der Waals surface area contributed by atoms with Crippen LogP contribution in [0.2, 0.25) is 0 Å². The van der Waals surface area contributed by atoms with Gasteiger partial charge in [-0.2, -0.15) is 0 Å². The molecule has 68 valence electrons. The van der Waals surface area contributed by atoms with E-state index < -0.39 is 0 Å². The van der Waals surface area contributed by atoms with Gasteiger partial charge in [-0.15, -0.1) is 10.2 Å². The lowest BCUT2D eigenvalue weighted by Gasteiger charge is -2.13. The third kappa shape index (κ3) is 1.27. The first-order valence-corrected chi connectivity index (χ1v) is 5.57. The fourth-order valence-electron chi connectivity index (χ4n) is 1.16. The molecule has 2 aromatic rings. The summed E-state index contributed by atoms with van der Waals surface area (Å²) in [4.78, 5) is 2.40. The fraction of sp³-hybridized carbons (Fsp3) is 0. The normalized spacial score (nSPS) is 13.1. The highest BCUT2D eigenvalue weighted by Gasteiger charge is 2.19. The summed E-state index contributed by atoms with van der Waals surface area (Å²) in [5.74, 6) is 0. The maximum atomic E-state index is 3.94. The van der Waals surface area contributed by atoms with Crippen LogP contribution in [0.25, 0.3) is 0 Å². The van der Waals surface area contributed by atoms with Gasteiger partial charge in [0.05, 0.1) is 0 Å². The molecule has 1 aliphatic rings. The quantitative estimate of drug-likeness (QED) is 0.576. The molecule has 0 radical (unpaired) electrons. The van der Waals surface area contributed by atoms with Gasteiger partial charge in [0.15, 0.2) is 10.1 Å². The van der Waals surface area contributed by atoms with Crippen LogP contribution in [0.4, 0.5) is 0 Å². The Labute approximate surface area is 88.5 Å². The van der Waals surface area contributed by atoms with Gasteiger partial charge in [-0.05, 0) is 22.6 Å². The van der Waals surface area contributed by atoms with E-state index in [0.717, 1.165) is 10.1 Å². The summed E-state index contributed by atoms with van der Waals surface area (Å²) in [7, 11) is 0. The Morgan fingerprint density at radius 3 is 1.79 bits per heavy atom. The largest absolute Gasteiger partial charge is 0.160 e. The molecular weight excluding hydrogens is 216 g/mol. The first-order valence-electron chi connectivity index (χ1n) is 3.94. The topological polar surface area (TPSA) is 51.6 Å². The Morgan fingerprint density at radius 2 is 1.29 bits per heavy atom. The molecule has 1 aromatic heterocycles. The SMILES string of the molecule is c1ccc2c(c1)Sc1nnnnc1S2. The van der Waals surface area contributed by atoms with Crippen molar-refractivity contribution < 1.29 is 0 Å². The van der Waals surface area contributed by atoms with Crippen molar-refractivity contribution in [2.75, 3.05) is 0 Å². The van der Waals surface area contributed by atoms with E-state index in [1.54, 1.807) is 23.5 Å². The Morgan fingerprint density at radius 1 is 0.786 bits per heavy atom. The van der Waals surface area contributed by atoms with Crippen molar-refractivity contribution in [3.8, 4) is 0 Å². The highest BCUT2D eigenvalue weighted by atomic mass is 32.2. The summed E-state index contributed by atoms with van der Waals surface area (Å²) in [6, 6.07) is 8.16. The molecule has 14 heavy (non-hydrogen) atoms. The maximum Gasteiger partial charge on any atom is 0.160 e. The van der Waals surface area contributed by atoms with Gasteiger partial charge >= 0.3 is 0 Å². The zero-order valence-electron chi connectivity index (χ0n) is 6.91. The predicted octanol–water partition coefficient (Wildman–Crippen LogP) is 1.88. The van der Waals surface area contributed by atoms with Crippen molar-refractivity contribution >= 4 is 23.5 Å². The molecule has 0 unspecified atom stereocenters. The van der Waals surface area contributed by atoms with Gasteiger partial charge in [-0.1, -0.05) is 35.7 Å². The number of hydrogen-bond donors (Lipinski definition) is 0. The van der Waals surface area contributed by atoms with E-state index in [0.29, 0.717) is 0 Å². The lowest BCUT2D eigenvalue weighted by atomic mass is 10.4. The van der Waals surface area contributed by atoms with Gasteiger partial charge in [0.2, 0.25) is 0 Å². The Bertz CT molecular complexity index is 401. The molecule has 4 nitrogen and oxygen atoms in total. The van der Waals surface area contributed by atoms with E-state index in [1.165, 1.54) is 9.79 Å². The average molecular weight is 220 g/mol. The standard InChI is InChI=1S/C8H4N4S2/c1-2-4-6-5(3-1)13-7-8(14-6)10-12-11-9-7/h1-4H. The average Bonchev–Trinajstić information content (AvgIpc) is 2.26. The molecule has 0 spiro atoms. The van der Waals surface area contributed by atoms with Crippen LogP contribution < -0.4 is 0 Å². The summed E-state index contributed by atoms with van der Waals surface area (Å²) in [5, 5.41) is 16.6. The number of nitrogens with zero attached hydrogens (tertiary/aromatic N) is 4. The second-order valence-electron chi connectivity index (χ2n) is 2.64. The van der Waals surface area contributed by atoms with E-state index >= 15 is 0 Å². The third-order valence-corrected chi connectivity index (χ3v) is 4.10. The van der Waals surface area contributed by atoms with Crippen LogP contribution in [0.15, 0.2) is 44.1 Å². The highest BCUT2D eigenvalue weighted by molar-refractivity contribution is 8.05. The zero-order valence-corrected chi connectivity index (χ0v) is 8.55. The first-order chi connectivity index (χ1) is 6.93. The van der Waals surface area contributed by atoms with Crippen LogP contribution in [-0.2, 0) is 0 Å². The van der Waals surface area contributed by atoms with Crippen molar-refractivity contribution in [1.82, 2.24) is 20.6 Å². The molecule has 0 atom stereocenters. The van der Waals surface area contributed by atoms with Gasteiger partial charge < -0.3 is 0 Å². The minimum Gasteiger partial charge on any atom is -0.119 e. The molecule has 6 heteroatoms. The predicted molar refractivity (Wildman–Crippen MR) is 52.3 cm³/mol. The molecule has 3 rings (SSSR count). The van der Waals surface area contributed by atoms with Crippen LogP contribution in [-0.4, -0.2) is 20.6 Å². The van der Waals surface area contributed by atoms with Crippen LogP contribution in [0.1, 0.15) is 0 Å². The second kappa shape index (κ2) is 3.21. The highest BCUT2D eigenvalue weighted by Crippen LogP contribution is 2.45. The van der Waals surface area contributed by atoms with Crippen LogP contribution in [0, 0.1) is 0 Å². The number of rotatable bonds is 0. The number of fused-ring (bicyclic) bond motifs is 2. The molecule has 0 fully saturated rings. The third-order valence-electron chi connectivity index (χ3n) is 1.76. The summed E-state index contributed by atoms with van der Waals surface area (Å²) in [6.07, 6.45) is 0. The molecule has 0 N–H and O–H groups in total. The molecule has 0 bridgehead atoms. The van der Waals surface area contributed by atoms with Gasteiger partial charge in [0, 0.05) is 9.79 Å². The smallest absolute Gasteiger partial charge is 0.119 e. The van der Waals surface area contributed by atoms with Gasteiger partial charge in [0.25, 0.3) is 0 Å². The molecule has 1 aromatic carbocycles. The van der Waals surface area contributed by atoms with Gasteiger partial charge in [0.1, 0.15) is 0 Å². The van der Waals surface area contributed by atoms with Crippen molar-refractivity contribution in [1.29, 1.82) is 0 Å². The van der Waals surface area contributed by atoms with Crippen LogP contribution in [0.5, 0.6) is 0 Å². The lowest BCUT2D eigenvalue weighted by molar-refractivity contribution is 0.652. The van der Waals surface area contributed by atoms with Crippen molar-refractivity contribution in [2.45, 2.75) is 19.8 Å². The van der Waals surface area contributed by atoms with E-state index in [1.807, 2.05) is 12.1 Å². The molecule has 0 amide bonds. The van der Waals surface area contributed by atoms with E-state index in [4.69, 9.17) is 0 Å². The van der Waals surface area contributed by atoms with E-state index in [9.17, 15) is 0 Å². The number of hydrogen-bond acceptors (Lipinski definition) is 6. The summed E-state index contributed by atoms with van der Waals surface area (Å²) < 4.78 is 0. The zero-order chi connectivity index (χ0) is 9.38. The lowest BCUT2D eigenvalue weighted by Crippen LogP contribution is -1.99. The monoisotopic (exact) mass is 220 g/mol. The molecule has 0 saturated carbocycles. The maximum absolute atomic E-state index is 3.94. The second-order valence-corrected chi connectivity index (χ2v) is 4.70. The van der Waals surface area contributed by atoms with E-state index in [2.05, 4.69) is 32.8 Å². The van der Waals surface area contributed by atoms with Crippen molar-refractivity contribution in [3.63, 3.8) is 0 Å². The Kier molecular flexibility index (Phi) is 1.88. The molecular formula is C8H4N4S2. The molecule has 1 aliphatic heterocycles. The molecule has 2 heterocycles. The van der Waals surface area contributed by atoms with Gasteiger partial charge in [-0.3, -0.25) is 0 Å². The van der Waals surface area contributed by atoms with Gasteiger partial charge in [-0.25, -0.2) is 0 Å². The number of aromatic nitrogens is 4. The van der Waals surface area contributed by atoms with Crippen molar-refractivity contribution in [2.24, 2.45) is 0 Å². The minimum atomic E-state index is 0.837. The summed E-state index contributed by atoms with van der Waals surface area (Å²) in [6.45, 7) is 0.